The standard InChI is InChI=1S/C28H31FN10O/c1-18(40)15-39-16-19(12-35-39)24-11-23-25(36-24)33-17-34-26(23)37-7-9-38(10-8-37)27-31-13-21(14-32-27)28(2,30)20-3-5-22(29)6-4-20/h3-6,11-14,16-18,40H,7-10,15,30H2,1-2H3,(H,33,34,36)/t18-,28?/m1/s1. The van der Waals surface area contributed by atoms with E-state index in [1.807, 2.05) is 19.2 Å². The first-order chi connectivity index (χ1) is 19.3. The van der Waals surface area contributed by atoms with Crippen LogP contribution in [0.2, 0.25) is 0 Å². The molecule has 0 saturated carbocycles. The second-order valence-corrected chi connectivity index (χ2v) is 10.4. The number of aromatic nitrogens is 7. The predicted octanol–water partition coefficient (Wildman–Crippen LogP) is 2.68. The molecule has 40 heavy (non-hydrogen) atoms. The van der Waals surface area contributed by atoms with Crippen LogP contribution in [-0.4, -0.2) is 72.1 Å². The maximum absolute atomic E-state index is 13.4. The van der Waals surface area contributed by atoms with Crippen LogP contribution in [0.25, 0.3) is 22.3 Å². The van der Waals surface area contributed by atoms with Gasteiger partial charge < -0.3 is 25.6 Å². The van der Waals surface area contributed by atoms with E-state index in [0.29, 0.717) is 12.5 Å². The number of aromatic amines is 1. The first-order valence-electron chi connectivity index (χ1n) is 13.2. The zero-order valence-corrected chi connectivity index (χ0v) is 22.4. The van der Waals surface area contributed by atoms with Gasteiger partial charge in [-0.2, -0.15) is 5.10 Å². The Balaban J connectivity index is 1.15. The Morgan fingerprint density at radius 2 is 1.70 bits per heavy atom. The average Bonchev–Trinajstić information content (AvgIpc) is 3.60. The molecule has 1 aliphatic rings. The van der Waals surface area contributed by atoms with Crippen molar-refractivity contribution in [2.24, 2.45) is 5.73 Å². The molecule has 1 fully saturated rings. The third-order valence-electron chi connectivity index (χ3n) is 7.34. The molecule has 4 N–H and O–H groups in total. The fourth-order valence-corrected chi connectivity index (χ4v) is 5.04. The number of anilines is 2. The third-order valence-corrected chi connectivity index (χ3v) is 7.34. The van der Waals surface area contributed by atoms with Crippen molar-refractivity contribution in [2.45, 2.75) is 32.0 Å². The Kier molecular flexibility index (Phi) is 6.64. The van der Waals surface area contributed by atoms with Gasteiger partial charge in [0.2, 0.25) is 5.95 Å². The number of hydrogen-bond acceptors (Lipinski definition) is 9. The summed E-state index contributed by atoms with van der Waals surface area (Å²) < 4.78 is 15.1. The van der Waals surface area contributed by atoms with Crippen LogP contribution in [0.3, 0.4) is 0 Å². The van der Waals surface area contributed by atoms with E-state index in [4.69, 9.17) is 5.73 Å². The number of fused-ring (bicyclic) bond motifs is 1. The van der Waals surface area contributed by atoms with Crippen molar-refractivity contribution < 1.29 is 9.50 Å². The van der Waals surface area contributed by atoms with Crippen LogP contribution < -0.4 is 15.5 Å². The molecule has 12 heteroatoms. The smallest absolute Gasteiger partial charge is 0.225 e. The van der Waals surface area contributed by atoms with Crippen LogP contribution in [0.1, 0.15) is 25.0 Å². The van der Waals surface area contributed by atoms with Gasteiger partial charge in [0.25, 0.3) is 0 Å². The zero-order chi connectivity index (χ0) is 27.9. The van der Waals surface area contributed by atoms with Gasteiger partial charge >= 0.3 is 0 Å². The second-order valence-electron chi connectivity index (χ2n) is 10.4. The largest absolute Gasteiger partial charge is 0.391 e. The lowest BCUT2D eigenvalue weighted by Crippen LogP contribution is -2.47. The van der Waals surface area contributed by atoms with Crippen LogP contribution >= 0.6 is 0 Å². The molecule has 2 atom stereocenters. The minimum atomic E-state index is -0.839. The molecule has 0 radical (unpaired) electrons. The van der Waals surface area contributed by atoms with Gasteiger partial charge in [-0.15, -0.1) is 0 Å². The summed E-state index contributed by atoms with van der Waals surface area (Å²) in [4.78, 5) is 26.0. The molecule has 5 heterocycles. The molecule has 0 aliphatic carbocycles. The van der Waals surface area contributed by atoms with Crippen molar-refractivity contribution in [3.05, 3.63) is 78.4 Å². The van der Waals surface area contributed by atoms with Crippen LogP contribution in [0, 0.1) is 5.82 Å². The number of aliphatic hydroxyl groups is 1. The lowest BCUT2D eigenvalue weighted by atomic mass is 9.87. The summed E-state index contributed by atoms with van der Waals surface area (Å²) in [6.07, 6.45) is 8.28. The fraction of sp³-hybridized carbons (Fsp3) is 0.321. The quantitative estimate of drug-likeness (QED) is 0.283. The molecule has 0 amide bonds. The van der Waals surface area contributed by atoms with Crippen molar-refractivity contribution in [3.63, 3.8) is 0 Å². The highest BCUT2D eigenvalue weighted by Crippen LogP contribution is 2.30. The number of rotatable bonds is 7. The van der Waals surface area contributed by atoms with E-state index < -0.39 is 11.6 Å². The fourth-order valence-electron chi connectivity index (χ4n) is 5.04. The minimum Gasteiger partial charge on any atom is -0.391 e. The number of H-pyrrole nitrogens is 1. The molecule has 4 aromatic heterocycles. The SMILES string of the molecule is C[C@@H](O)Cn1cc(-c2cc3c(N4CCN(c5ncc(C(C)(N)c6ccc(F)cc6)cn5)CC4)ncnc3[nH]2)cn1. The molecular weight excluding hydrogens is 511 g/mol. The van der Waals surface area contributed by atoms with E-state index in [-0.39, 0.29) is 5.82 Å². The Bertz CT molecular complexity index is 1600. The molecule has 5 aromatic rings. The lowest BCUT2D eigenvalue weighted by molar-refractivity contribution is 0.168. The summed E-state index contributed by atoms with van der Waals surface area (Å²) >= 11 is 0. The van der Waals surface area contributed by atoms with Gasteiger partial charge in [-0.05, 0) is 37.6 Å². The summed E-state index contributed by atoms with van der Waals surface area (Å²) in [6, 6.07) is 8.23. The van der Waals surface area contributed by atoms with Crippen LogP contribution in [0.15, 0.2) is 61.4 Å². The van der Waals surface area contributed by atoms with Gasteiger partial charge in [-0.3, -0.25) is 4.68 Å². The van der Waals surface area contributed by atoms with Crippen molar-refractivity contribution >= 4 is 22.8 Å². The maximum Gasteiger partial charge on any atom is 0.225 e. The zero-order valence-electron chi connectivity index (χ0n) is 22.4. The van der Waals surface area contributed by atoms with Crippen LogP contribution in [0.4, 0.5) is 16.2 Å². The van der Waals surface area contributed by atoms with E-state index in [9.17, 15) is 9.50 Å². The van der Waals surface area contributed by atoms with Gasteiger partial charge in [0.05, 0.1) is 35.5 Å². The Hall–Kier alpha value is -4.42. The number of hydrogen-bond donors (Lipinski definition) is 3. The number of piperazine rings is 1. The number of nitrogens with zero attached hydrogens (tertiary/aromatic N) is 8. The van der Waals surface area contributed by atoms with Gasteiger partial charge in [0, 0.05) is 55.9 Å². The van der Waals surface area contributed by atoms with E-state index >= 15 is 0 Å². The third kappa shape index (κ3) is 4.98. The lowest BCUT2D eigenvalue weighted by Gasteiger charge is -2.35. The summed E-state index contributed by atoms with van der Waals surface area (Å²) in [5, 5.41) is 14.9. The van der Waals surface area contributed by atoms with Gasteiger partial charge in [-0.25, -0.2) is 24.3 Å². The first-order valence-corrected chi connectivity index (χ1v) is 13.2. The highest BCUT2D eigenvalue weighted by atomic mass is 19.1. The van der Waals surface area contributed by atoms with E-state index in [1.165, 1.54) is 12.1 Å². The molecule has 1 aliphatic heterocycles. The first kappa shape index (κ1) is 25.8. The highest BCUT2D eigenvalue weighted by molar-refractivity contribution is 5.91. The number of aliphatic hydroxyl groups excluding tert-OH is 1. The van der Waals surface area contributed by atoms with Gasteiger partial charge in [-0.1, -0.05) is 12.1 Å². The minimum absolute atomic E-state index is 0.300. The molecule has 11 nitrogen and oxygen atoms in total. The van der Waals surface area contributed by atoms with E-state index in [2.05, 4.69) is 39.8 Å². The van der Waals surface area contributed by atoms with Crippen LogP contribution in [0.5, 0.6) is 0 Å². The summed E-state index contributed by atoms with van der Waals surface area (Å²) in [6.45, 7) is 6.98. The molecule has 1 saturated heterocycles. The molecule has 1 aromatic carbocycles. The second kappa shape index (κ2) is 10.3. The maximum atomic E-state index is 13.4. The monoisotopic (exact) mass is 542 g/mol. The normalized spacial score (nSPS) is 16.3. The molecule has 206 valence electrons. The highest BCUT2D eigenvalue weighted by Gasteiger charge is 2.26. The average molecular weight is 543 g/mol. The molecule has 0 spiro atoms. The van der Waals surface area contributed by atoms with Crippen LogP contribution in [-0.2, 0) is 12.1 Å². The van der Waals surface area contributed by atoms with Gasteiger partial charge in [0.1, 0.15) is 23.6 Å². The number of benzene rings is 1. The van der Waals surface area contributed by atoms with Gasteiger partial charge in [0.15, 0.2) is 0 Å². The van der Waals surface area contributed by atoms with E-state index in [0.717, 1.165) is 65.4 Å². The predicted molar refractivity (Wildman–Crippen MR) is 150 cm³/mol. The number of halogens is 1. The van der Waals surface area contributed by atoms with Crippen molar-refractivity contribution in [3.8, 4) is 11.3 Å². The molecule has 1 unspecified atom stereocenters. The summed E-state index contributed by atoms with van der Waals surface area (Å²) in [7, 11) is 0. The topological polar surface area (TPSA) is 138 Å². The Morgan fingerprint density at radius 3 is 2.40 bits per heavy atom. The Labute approximate surface area is 230 Å². The van der Waals surface area contributed by atoms with Crippen molar-refractivity contribution in [1.82, 2.24) is 34.7 Å². The molecule has 0 bridgehead atoms. The number of nitrogens with one attached hydrogen (secondary N) is 1. The van der Waals surface area contributed by atoms with Crippen molar-refractivity contribution in [1.29, 1.82) is 0 Å². The summed E-state index contributed by atoms with van der Waals surface area (Å²) in [5.41, 5.74) is 9.85. The van der Waals surface area contributed by atoms with Crippen molar-refractivity contribution in [2.75, 3.05) is 36.0 Å². The molecule has 6 rings (SSSR count). The summed E-state index contributed by atoms with van der Waals surface area (Å²) in [5.74, 6) is 1.22. The number of nitrogens with two attached hydrogens (primary N) is 1. The van der Waals surface area contributed by atoms with E-state index in [1.54, 1.807) is 48.7 Å². The Morgan fingerprint density at radius 1 is 1.00 bits per heavy atom. The molecular formula is C28H31FN10O.